The third kappa shape index (κ3) is 4.65. The molecule has 1 atom stereocenters. The third-order valence-electron chi connectivity index (χ3n) is 3.98. The monoisotopic (exact) mass is 530 g/mol. The highest BCUT2D eigenvalue weighted by atomic mass is 79.9. The number of halogens is 4. The first-order valence-corrected chi connectivity index (χ1v) is 11.1. The van der Waals surface area contributed by atoms with Crippen LogP contribution in [0.5, 0.6) is 0 Å². The van der Waals surface area contributed by atoms with Crippen molar-refractivity contribution in [2.45, 2.75) is 22.4 Å². The summed E-state index contributed by atoms with van der Waals surface area (Å²) in [5, 5.41) is -0.158. The fraction of sp³-hybridized carbons (Fsp3) is 0.105. The summed E-state index contributed by atoms with van der Waals surface area (Å²) in [5.41, 5.74) is 6.79. The zero-order valence-electron chi connectivity index (χ0n) is 14.2. The van der Waals surface area contributed by atoms with Crippen LogP contribution >= 0.6 is 31.9 Å². The molecule has 2 aromatic carbocycles. The van der Waals surface area contributed by atoms with Gasteiger partial charge in [-0.05, 0) is 76.4 Å². The summed E-state index contributed by atoms with van der Waals surface area (Å²) in [4.78, 5) is 4.32. The summed E-state index contributed by atoms with van der Waals surface area (Å²) in [7, 11) is -3.84. The Labute approximate surface area is 178 Å². The van der Waals surface area contributed by atoms with Gasteiger partial charge in [-0.25, -0.2) is 22.2 Å². The maximum Gasteiger partial charge on any atom is 0.223 e. The molecule has 2 N–H and O–H groups in total. The Balaban J connectivity index is 1.95. The summed E-state index contributed by atoms with van der Waals surface area (Å²) in [6.07, 6.45) is 0.0854. The zero-order valence-corrected chi connectivity index (χ0v) is 18.2. The molecule has 0 aliphatic rings. The van der Waals surface area contributed by atoms with Gasteiger partial charge in [-0.3, -0.25) is 0 Å². The van der Waals surface area contributed by atoms with E-state index in [2.05, 4.69) is 36.8 Å². The van der Waals surface area contributed by atoms with Crippen LogP contribution in [0.1, 0.15) is 17.3 Å². The average molecular weight is 532 g/mol. The molecule has 0 aliphatic heterocycles. The summed E-state index contributed by atoms with van der Waals surface area (Å²) in [6.45, 7) is 0. The molecule has 0 radical (unpaired) electrons. The van der Waals surface area contributed by atoms with Crippen molar-refractivity contribution in [3.63, 3.8) is 0 Å². The Hall–Kier alpha value is -1.68. The number of nitrogens with zero attached hydrogens (tertiary/aromatic N) is 1. The summed E-state index contributed by atoms with van der Waals surface area (Å²) >= 11 is 6.58. The Bertz CT molecular complexity index is 1100. The lowest BCUT2D eigenvalue weighted by Gasteiger charge is -2.15. The van der Waals surface area contributed by atoms with Crippen molar-refractivity contribution >= 4 is 41.7 Å². The van der Waals surface area contributed by atoms with Crippen molar-refractivity contribution in [3.05, 3.63) is 86.4 Å². The van der Waals surface area contributed by atoms with Crippen molar-refractivity contribution in [1.29, 1.82) is 0 Å². The summed E-state index contributed by atoms with van der Waals surface area (Å²) in [6, 6.07) is 11.5. The molecule has 9 heteroatoms. The van der Waals surface area contributed by atoms with Crippen LogP contribution in [0.3, 0.4) is 0 Å². The van der Waals surface area contributed by atoms with Crippen molar-refractivity contribution in [3.8, 4) is 0 Å². The molecule has 0 aliphatic carbocycles. The highest BCUT2D eigenvalue weighted by Crippen LogP contribution is 2.28. The van der Waals surface area contributed by atoms with Gasteiger partial charge in [-0.2, -0.15) is 0 Å². The van der Waals surface area contributed by atoms with Gasteiger partial charge in [-0.15, -0.1) is 0 Å². The molecule has 0 saturated heterocycles. The smallest absolute Gasteiger partial charge is 0.223 e. The molecule has 0 spiro atoms. The van der Waals surface area contributed by atoms with Gasteiger partial charge in [0, 0.05) is 15.0 Å². The molecule has 0 saturated carbocycles. The van der Waals surface area contributed by atoms with Crippen LogP contribution in [-0.4, -0.2) is 13.4 Å². The molecule has 0 bridgehead atoms. The minimum absolute atomic E-state index is 0.0854. The summed E-state index contributed by atoms with van der Waals surface area (Å²) < 4.78 is 53.8. The lowest BCUT2D eigenvalue weighted by Crippen LogP contribution is -2.17. The van der Waals surface area contributed by atoms with Crippen molar-refractivity contribution in [1.82, 2.24) is 4.98 Å². The maximum absolute atomic E-state index is 13.4. The van der Waals surface area contributed by atoms with Gasteiger partial charge in [0.25, 0.3) is 0 Å². The predicted molar refractivity (Wildman–Crippen MR) is 109 cm³/mol. The fourth-order valence-electron chi connectivity index (χ4n) is 2.66. The Kier molecular flexibility index (Phi) is 6.28. The molecule has 28 heavy (non-hydrogen) atoms. The number of aromatic nitrogens is 1. The second-order valence-corrected chi connectivity index (χ2v) is 9.73. The molecule has 3 aromatic rings. The van der Waals surface area contributed by atoms with Crippen LogP contribution in [0, 0.1) is 11.6 Å². The quantitative estimate of drug-likeness (QED) is 0.505. The Morgan fingerprint density at radius 3 is 2.18 bits per heavy atom. The number of hydrogen-bond donors (Lipinski definition) is 1. The van der Waals surface area contributed by atoms with Gasteiger partial charge < -0.3 is 5.73 Å². The van der Waals surface area contributed by atoms with E-state index in [1.165, 1.54) is 30.3 Å². The van der Waals surface area contributed by atoms with Crippen LogP contribution < -0.4 is 5.73 Å². The molecule has 3 rings (SSSR count). The molecule has 1 aromatic heterocycles. The molecule has 1 unspecified atom stereocenters. The number of sulfone groups is 1. The summed E-state index contributed by atoms with van der Waals surface area (Å²) in [5.74, 6) is -1.42. The normalized spacial score (nSPS) is 12.8. The molecule has 1 heterocycles. The van der Waals surface area contributed by atoms with Crippen molar-refractivity contribution in [2.24, 2.45) is 5.73 Å². The Morgan fingerprint density at radius 1 is 0.964 bits per heavy atom. The van der Waals surface area contributed by atoms with Crippen molar-refractivity contribution < 1.29 is 17.2 Å². The standard InChI is InChI=1S/C19H14Br2F2N2O2S/c20-12-1-3-15(4-2-12)28(26,27)18-6-5-16(21)19(25-18)17(24)9-11-7-13(22)10-14(23)8-11/h1-8,10,17H,9,24H2. The van der Waals surface area contributed by atoms with Crippen LogP contribution in [0.15, 0.2) is 73.5 Å². The minimum Gasteiger partial charge on any atom is -0.322 e. The average Bonchev–Trinajstić information content (AvgIpc) is 2.61. The van der Waals surface area contributed by atoms with Gasteiger partial charge in [0.05, 0.1) is 16.6 Å². The van der Waals surface area contributed by atoms with Gasteiger partial charge in [0.2, 0.25) is 9.84 Å². The minimum atomic E-state index is -3.84. The Morgan fingerprint density at radius 2 is 1.57 bits per heavy atom. The number of pyridine rings is 1. The highest BCUT2D eigenvalue weighted by Gasteiger charge is 2.22. The topological polar surface area (TPSA) is 73.0 Å². The van der Waals surface area contributed by atoms with Gasteiger partial charge >= 0.3 is 0 Å². The third-order valence-corrected chi connectivity index (χ3v) is 6.85. The largest absolute Gasteiger partial charge is 0.322 e. The van der Waals surface area contributed by atoms with E-state index in [-0.39, 0.29) is 22.0 Å². The lowest BCUT2D eigenvalue weighted by atomic mass is 10.0. The van der Waals surface area contributed by atoms with E-state index in [1.807, 2.05) is 0 Å². The molecule has 0 amide bonds. The number of benzene rings is 2. The first-order valence-electron chi connectivity index (χ1n) is 8.04. The molecular weight excluding hydrogens is 518 g/mol. The van der Waals surface area contributed by atoms with E-state index in [1.54, 1.807) is 18.2 Å². The number of nitrogens with two attached hydrogens (primary N) is 1. The second kappa shape index (κ2) is 8.36. The van der Waals surface area contributed by atoms with E-state index in [0.29, 0.717) is 10.0 Å². The molecular formula is C19H14Br2F2N2O2S. The first kappa shape index (κ1) is 21.0. The SMILES string of the molecule is NC(Cc1cc(F)cc(F)c1)c1nc(S(=O)(=O)c2ccc(Br)cc2)ccc1Br. The van der Waals surface area contributed by atoms with Gasteiger partial charge in [0.15, 0.2) is 5.03 Å². The molecule has 146 valence electrons. The van der Waals surface area contributed by atoms with Gasteiger partial charge in [-0.1, -0.05) is 15.9 Å². The van der Waals surface area contributed by atoms with Crippen LogP contribution in [0.2, 0.25) is 0 Å². The van der Waals surface area contributed by atoms with Crippen LogP contribution in [0.4, 0.5) is 8.78 Å². The predicted octanol–water partition coefficient (Wildman–Crippen LogP) is 4.96. The highest BCUT2D eigenvalue weighted by molar-refractivity contribution is 9.10. The maximum atomic E-state index is 13.4. The van der Waals surface area contributed by atoms with Crippen LogP contribution in [-0.2, 0) is 16.3 Å². The fourth-order valence-corrected chi connectivity index (χ4v) is 4.64. The molecule has 4 nitrogen and oxygen atoms in total. The van der Waals surface area contributed by atoms with E-state index < -0.39 is 27.5 Å². The van der Waals surface area contributed by atoms with E-state index in [9.17, 15) is 17.2 Å². The zero-order chi connectivity index (χ0) is 20.5. The molecule has 0 fully saturated rings. The van der Waals surface area contributed by atoms with Crippen molar-refractivity contribution in [2.75, 3.05) is 0 Å². The lowest BCUT2D eigenvalue weighted by molar-refractivity contribution is 0.575. The first-order chi connectivity index (χ1) is 13.2. The second-order valence-electron chi connectivity index (χ2n) is 6.06. The van der Waals surface area contributed by atoms with E-state index in [0.717, 1.165) is 10.5 Å². The number of hydrogen-bond acceptors (Lipinski definition) is 4. The van der Waals surface area contributed by atoms with E-state index >= 15 is 0 Å². The van der Waals surface area contributed by atoms with E-state index in [4.69, 9.17) is 5.73 Å². The van der Waals surface area contributed by atoms with Gasteiger partial charge in [0.1, 0.15) is 11.6 Å². The number of rotatable bonds is 5. The van der Waals surface area contributed by atoms with Crippen LogP contribution in [0.25, 0.3) is 0 Å².